The largest absolute Gasteiger partial charge is 0.379 e. The summed E-state index contributed by atoms with van der Waals surface area (Å²) in [6.07, 6.45) is 2.46. The summed E-state index contributed by atoms with van der Waals surface area (Å²) in [5, 5.41) is 11.0. The van der Waals surface area contributed by atoms with Crippen molar-refractivity contribution in [2.24, 2.45) is 0 Å². The van der Waals surface area contributed by atoms with Crippen LogP contribution in [0.25, 0.3) is 10.8 Å². The molecule has 1 aliphatic rings. The number of H-pyrrole nitrogens is 1. The molecular formula is C18H18ClN5O. The number of pyridine rings is 1. The molecule has 25 heavy (non-hydrogen) atoms. The minimum Gasteiger partial charge on any atom is -0.379 e. The van der Waals surface area contributed by atoms with Crippen molar-refractivity contribution in [3.05, 3.63) is 57.6 Å². The number of nitrogens with one attached hydrogen (secondary N) is 2. The van der Waals surface area contributed by atoms with Crippen LogP contribution in [-0.2, 0) is 6.54 Å². The van der Waals surface area contributed by atoms with Crippen molar-refractivity contribution in [1.82, 2.24) is 15.2 Å². The summed E-state index contributed by atoms with van der Waals surface area (Å²) < 4.78 is 0. The highest BCUT2D eigenvalue weighted by atomic mass is 35.5. The third-order valence-electron chi connectivity index (χ3n) is 4.44. The lowest BCUT2D eigenvalue weighted by molar-refractivity contribution is 0.916. The summed E-state index contributed by atoms with van der Waals surface area (Å²) in [6.45, 7) is 2.75. The highest BCUT2D eigenvalue weighted by molar-refractivity contribution is 6.34. The summed E-state index contributed by atoms with van der Waals surface area (Å²) in [7, 11) is 0. The van der Waals surface area contributed by atoms with Gasteiger partial charge in [-0.3, -0.25) is 4.79 Å². The van der Waals surface area contributed by atoms with E-state index in [-0.39, 0.29) is 10.7 Å². The summed E-state index contributed by atoms with van der Waals surface area (Å²) in [5.74, 6) is 1.04. The summed E-state index contributed by atoms with van der Waals surface area (Å²) in [5.41, 5.74) is 1.60. The van der Waals surface area contributed by atoms with Gasteiger partial charge in [0.25, 0.3) is 5.56 Å². The molecule has 6 nitrogen and oxygen atoms in total. The van der Waals surface area contributed by atoms with Crippen LogP contribution in [0.1, 0.15) is 18.5 Å². The zero-order valence-electron chi connectivity index (χ0n) is 13.6. The van der Waals surface area contributed by atoms with E-state index >= 15 is 0 Å². The van der Waals surface area contributed by atoms with Gasteiger partial charge in [-0.15, -0.1) is 0 Å². The molecule has 2 aromatic heterocycles. The number of aromatic amines is 1. The first-order chi connectivity index (χ1) is 12.2. The SMILES string of the molecule is O=c1[nH]nc(Cl)c2cc(NCc3cccc(N4CCCC4)n3)ccc12. The van der Waals surface area contributed by atoms with Crippen LogP contribution in [0.15, 0.2) is 41.2 Å². The predicted molar refractivity (Wildman–Crippen MR) is 100 cm³/mol. The van der Waals surface area contributed by atoms with E-state index in [0.717, 1.165) is 30.3 Å². The minimum atomic E-state index is -0.245. The van der Waals surface area contributed by atoms with E-state index in [9.17, 15) is 4.79 Å². The Morgan fingerprint density at radius 2 is 2.00 bits per heavy atom. The standard InChI is InChI=1S/C18H18ClN5O/c19-17-15-10-12(6-7-14(15)18(25)23-22-17)20-11-13-4-3-5-16(21-13)24-8-1-2-9-24/h3-7,10,20H,1-2,8-9,11H2,(H,23,25). The van der Waals surface area contributed by atoms with E-state index in [1.165, 1.54) is 12.8 Å². The molecule has 0 bridgehead atoms. The molecule has 2 N–H and O–H groups in total. The Morgan fingerprint density at radius 3 is 2.84 bits per heavy atom. The number of halogens is 1. The van der Waals surface area contributed by atoms with E-state index in [0.29, 0.717) is 17.3 Å². The molecule has 0 aliphatic carbocycles. The maximum atomic E-state index is 11.8. The van der Waals surface area contributed by atoms with Gasteiger partial charge in [0.1, 0.15) is 5.82 Å². The molecule has 0 radical (unpaired) electrons. The van der Waals surface area contributed by atoms with Crippen molar-refractivity contribution < 1.29 is 0 Å². The summed E-state index contributed by atoms with van der Waals surface area (Å²) in [4.78, 5) is 18.8. The third kappa shape index (κ3) is 3.30. The zero-order valence-corrected chi connectivity index (χ0v) is 14.4. The quantitative estimate of drug-likeness (QED) is 0.752. The van der Waals surface area contributed by atoms with Crippen molar-refractivity contribution in [3.63, 3.8) is 0 Å². The van der Waals surface area contributed by atoms with Crippen LogP contribution in [0.3, 0.4) is 0 Å². The Bertz CT molecular complexity index is 965. The third-order valence-corrected chi connectivity index (χ3v) is 4.73. The molecule has 0 amide bonds. The molecule has 3 heterocycles. The number of anilines is 2. The van der Waals surface area contributed by atoms with Crippen LogP contribution in [-0.4, -0.2) is 28.3 Å². The van der Waals surface area contributed by atoms with Crippen LogP contribution >= 0.6 is 11.6 Å². The van der Waals surface area contributed by atoms with Gasteiger partial charge < -0.3 is 10.2 Å². The van der Waals surface area contributed by atoms with Gasteiger partial charge in [0, 0.05) is 24.2 Å². The molecule has 1 saturated heterocycles. The molecular weight excluding hydrogens is 338 g/mol. The van der Waals surface area contributed by atoms with E-state index in [1.54, 1.807) is 6.07 Å². The van der Waals surface area contributed by atoms with Gasteiger partial charge in [-0.1, -0.05) is 17.7 Å². The molecule has 3 aromatic rings. The van der Waals surface area contributed by atoms with Crippen molar-refractivity contribution in [2.75, 3.05) is 23.3 Å². The van der Waals surface area contributed by atoms with Crippen molar-refractivity contribution in [2.45, 2.75) is 19.4 Å². The fourth-order valence-electron chi connectivity index (χ4n) is 3.12. The normalized spacial score (nSPS) is 14.2. The maximum absolute atomic E-state index is 11.8. The van der Waals surface area contributed by atoms with Crippen LogP contribution in [0.5, 0.6) is 0 Å². The lowest BCUT2D eigenvalue weighted by Gasteiger charge is -2.17. The highest BCUT2D eigenvalue weighted by Crippen LogP contribution is 2.22. The zero-order chi connectivity index (χ0) is 17.2. The Kier molecular flexibility index (Phi) is 4.28. The smallest absolute Gasteiger partial charge is 0.272 e. The molecule has 1 fully saturated rings. The first-order valence-corrected chi connectivity index (χ1v) is 8.71. The van der Waals surface area contributed by atoms with Gasteiger partial charge in [0.05, 0.1) is 17.6 Å². The fraction of sp³-hybridized carbons (Fsp3) is 0.278. The first-order valence-electron chi connectivity index (χ1n) is 8.33. The number of aromatic nitrogens is 3. The lowest BCUT2D eigenvalue weighted by Crippen LogP contribution is -2.19. The van der Waals surface area contributed by atoms with Gasteiger partial charge >= 0.3 is 0 Å². The molecule has 1 aromatic carbocycles. The molecule has 0 atom stereocenters. The van der Waals surface area contributed by atoms with Crippen molar-refractivity contribution in [3.8, 4) is 0 Å². The molecule has 1 aliphatic heterocycles. The van der Waals surface area contributed by atoms with Crippen LogP contribution in [0.2, 0.25) is 5.15 Å². The number of benzene rings is 1. The average Bonchev–Trinajstić information content (AvgIpc) is 3.18. The molecule has 0 saturated carbocycles. The molecule has 0 unspecified atom stereocenters. The van der Waals surface area contributed by atoms with Gasteiger partial charge in [-0.25, -0.2) is 10.1 Å². The Morgan fingerprint density at radius 1 is 1.16 bits per heavy atom. The van der Waals surface area contributed by atoms with Gasteiger partial charge in [-0.05, 0) is 43.2 Å². The van der Waals surface area contributed by atoms with Gasteiger partial charge in [-0.2, -0.15) is 5.10 Å². The second-order valence-electron chi connectivity index (χ2n) is 6.14. The molecule has 128 valence electrons. The van der Waals surface area contributed by atoms with Crippen LogP contribution in [0.4, 0.5) is 11.5 Å². The first kappa shape index (κ1) is 15.9. The van der Waals surface area contributed by atoms with Crippen molar-refractivity contribution in [1.29, 1.82) is 0 Å². The Labute approximate surface area is 149 Å². The maximum Gasteiger partial charge on any atom is 0.272 e. The number of fused-ring (bicyclic) bond motifs is 1. The Hall–Kier alpha value is -2.60. The average molecular weight is 356 g/mol. The minimum absolute atomic E-state index is 0.245. The van der Waals surface area contributed by atoms with Gasteiger partial charge in [0.15, 0.2) is 5.15 Å². The second kappa shape index (κ2) is 6.72. The monoisotopic (exact) mass is 355 g/mol. The lowest BCUT2D eigenvalue weighted by atomic mass is 10.2. The Balaban J connectivity index is 1.53. The van der Waals surface area contributed by atoms with Gasteiger partial charge in [0.2, 0.25) is 0 Å². The second-order valence-corrected chi connectivity index (χ2v) is 6.50. The molecule has 0 spiro atoms. The van der Waals surface area contributed by atoms with Crippen LogP contribution < -0.4 is 15.8 Å². The highest BCUT2D eigenvalue weighted by Gasteiger charge is 2.13. The number of rotatable bonds is 4. The van der Waals surface area contributed by atoms with E-state index in [4.69, 9.17) is 16.6 Å². The van der Waals surface area contributed by atoms with E-state index < -0.39 is 0 Å². The molecule has 7 heteroatoms. The number of hydrogen-bond donors (Lipinski definition) is 2. The number of nitrogens with zero attached hydrogens (tertiary/aromatic N) is 3. The predicted octanol–water partition coefficient (Wildman–Crippen LogP) is 3.18. The topological polar surface area (TPSA) is 73.9 Å². The van der Waals surface area contributed by atoms with E-state index in [1.807, 2.05) is 24.3 Å². The summed E-state index contributed by atoms with van der Waals surface area (Å²) in [6, 6.07) is 11.6. The number of hydrogen-bond acceptors (Lipinski definition) is 5. The van der Waals surface area contributed by atoms with Crippen LogP contribution in [0, 0.1) is 0 Å². The fourth-order valence-corrected chi connectivity index (χ4v) is 3.32. The molecule has 4 rings (SSSR count). The summed E-state index contributed by atoms with van der Waals surface area (Å²) >= 11 is 6.08. The van der Waals surface area contributed by atoms with Crippen molar-refractivity contribution >= 4 is 33.9 Å². The van der Waals surface area contributed by atoms with E-state index in [2.05, 4.69) is 26.5 Å².